The summed E-state index contributed by atoms with van der Waals surface area (Å²) >= 11 is 0. The number of amides is 1. The van der Waals surface area contributed by atoms with Crippen molar-refractivity contribution in [3.63, 3.8) is 0 Å². The van der Waals surface area contributed by atoms with Crippen LogP contribution in [0.4, 0.5) is 5.69 Å². The Morgan fingerprint density at radius 2 is 2.19 bits per heavy atom. The van der Waals surface area contributed by atoms with Crippen LogP contribution in [0.2, 0.25) is 0 Å². The molecule has 1 fully saturated rings. The van der Waals surface area contributed by atoms with Crippen LogP contribution in [0, 0.1) is 6.92 Å². The molecule has 4 rings (SSSR count). The standard InChI is InChI=1S/C19H24N4O3/c1-12-10-13(2-3-17(12)26-14-5-8-25-9-6-14)21-19(24)18-15-11-20-7-4-16(15)22-23-18/h2-3,10,14,20H,4-9,11H2,1H3,(H,21,24)(H,22,23). The van der Waals surface area contributed by atoms with Gasteiger partial charge in [0.15, 0.2) is 5.69 Å². The number of hydrogen-bond acceptors (Lipinski definition) is 5. The molecule has 0 saturated carbocycles. The Kier molecular flexibility index (Phi) is 4.90. The third-order valence-corrected chi connectivity index (χ3v) is 4.92. The van der Waals surface area contributed by atoms with Gasteiger partial charge in [0, 0.05) is 49.3 Å². The molecule has 1 aromatic carbocycles. The Morgan fingerprint density at radius 3 is 3.00 bits per heavy atom. The minimum absolute atomic E-state index is 0.191. The number of aromatic nitrogens is 2. The summed E-state index contributed by atoms with van der Waals surface area (Å²) in [7, 11) is 0. The fourth-order valence-electron chi connectivity index (χ4n) is 3.44. The molecule has 1 saturated heterocycles. The SMILES string of the molecule is Cc1cc(NC(=O)c2n[nH]c3c2CNCC3)ccc1OC1CCOCC1. The lowest BCUT2D eigenvalue weighted by molar-refractivity contribution is 0.0253. The van der Waals surface area contributed by atoms with Crippen molar-refractivity contribution in [3.05, 3.63) is 40.7 Å². The average molecular weight is 356 g/mol. The first-order chi connectivity index (χ1) is 12.7. The number of anilines is 1. The first-order valence-electron chi connectivity index (χ1n) is 9.14. The number of fused-ring (bicyclic) bond motifs is 1. The number of carbonyl (C=O) groups is 1. The molecule has 7 heteroatoms. The van der Waals surface area contributed by atoms with Crippen molar-refractivity contribution in [1.82, 2.24) is 15.5 Å². The van der Waals surface area contributed by atoms with E-state index in [9.17, 15) is 4.79 Å². The van der Waals surface area contributed by atoms with Crippen LogP contribution in [0.15, 0.2) is 18.2 Å². The highest BCUT2D eigenvalue weighted by Crippen LogP contribution is 2.26. The molecule has 0 aliphatic carbocycles. The van der Waals surface area contributed by atoms with Crippen LogP contribution < -0.4 is 15.4 Å². The van der Waals surface area contributed by atoms with Crippen LogP contribution in [0.1, 0.15) is 40.2 Å². The molecular weight excluding hydrogens is 332 g/mol. The lowest BCUT2D eigenvalue weighted by Gasteiger charge is -2.24. The van der Waals surface area contributed by atoms with Crippen molar-refractivity contribution in [2.45, 2.75) is 38.8 Å². The van der Waals surface area contributed by atoms with Gasteiger partial charge in [0.2, 0.25) is 0 Å². The molecule has 3 heterocycles. The minimum Gasteiger partial charge on any atom is -0.490 e. The molecule has 138 valence electrons. The van der Waals surface area contributed by atoms with E-state index in [2.05, 4.69) is 20.8 Å². The predicted molar refractivity (Wildman–Crippen MR) is 97.6 cm³/mol. The Labute approximate surface area is 152 Å². The fraction of sp³-hybridized carbons (Fsp3) is 0.474. The molecule has 1 aromatic heterocycles. The summed E-state index contributed by atoms with van der Waals surface area (Å²) in [6.07, 6.45) is 2.89. The first-order valence-corrected chi connectivity index (χ1v) is 9.14. The molecule has 0 unspecified atom stereocenters. The Hall–Kier alpha value is -2.38. The summed E-state index contributed by atoms with van der Waals surface area (Å²) in [6.45, 7) is 5.07. The third-order valence-electron chi connectivity index (χ3n) is 4.92. The summed E-state index contributed by atoms with van der Waals surface area (Å²) in [5.74, 6) is 0.667. The monoisotopic (exact) mass is 356 g/mol. The lowest BCUT2D eigenvalue weighted by Crippen LogP contribution is -2.26. The second-order valence-corrected chi connectivity index (χ2v) is 6.82. The fourth-order valence-corrected chi connectivity index (χ4v) is 3.44. The van der Waals surface area contributed by atoms with Crippen LogP contribution in [0.25, 0.3) is 0 Å². The number of rotatable bonds is 4. The molecule has 2 aromatic rings. The van der Waals surface area contributed by atoms with Gasteiger partial charge >= 0.3 is 0 Å². The molecule has 0 bridgehead atoms. The van der Waals surface area contributed by atoms with E-state index < -0.39 is 0 Å². The van der Waals surface area contributed by atoms with E-state index in [4.69, 9.17) is 9.47 Å². The average Bonchev–Trinajstić information content (AvgIpc) is 3.09. The van der Waals surface area contributed by atoms with Crippen LogP contribution in [0.5, 0.6) is 5.75 Å². The van der Waals surface area contributed by atoms with Crippen LogP contribution in [-0.2, 0) is 17.7 Å². The number of aromatic amines is 1. The Morgan fingerprint density at radius 1 is 1.35 bits per heavy atom. The maximum absolute atomic E-state index is 12.6. The number of hydrogen-bond donors (Lipinski definition) is 3. The number of H-pyrrole nitrogens is 1. The third kappa shape index (κ3) is 3.59. The molecule has 0 spiro atoms. The normalized spacial score (nSPS) is 17.6. The zero-order chi connectivity index (χ0) is 17.9. The summed E-state index contributed by atoms with van der Waals surface area (Å²) in [5, 5.41) is 13.4. The largest absolute Gasteiger partial charge is 0.490 e. The van der Waals surface area contributed by atoms with Crippen molar-refractivity contribution in [2.24, 2.45) is 0 Å². The second-order valence-electron chi connectivity index (χ2n) is 6.82. The second kappa shape index (κ2) is 7.47. The first kappa shape index (κ1) is 17.1. The van der Waals surface area contributed by atoms with Crippen molar-refractivity contribution in [1.29, 1.82) is 0 Å². The minimum atomic E-state index is -0.191. The number of benzene rings is 1. The number of carbonyl (C=O) groups excluding carboxylic acids is 1. The van der Waals surface area contributed by atoms with Gasteiger partial charge in [0.05, 0.1) is 13.2 Å². The van der Waals surface area contributed by atoms with Gasteiger partial charge in [-0.05, 0) is 30.7 Å². The van der Waals surface area contributed by atoms with E-state index in [1.54, 1.807) is 0 Å². The number of nitrogens with zero attached hydrogens (tertiary/aromatic N) is 1. The molecule has 3 N–H and O–H groups in total. The molecule has 0 atom stereocenters. The summed E-state index contributed by atoms with van der Waals surface area (Å²) in [6, 6.07) is 5.73. The molecule has 0 radical (unpaired) electrons. The molecule has 7 nitrogen and oxygen atoms in total. The van der Waals surface area contributed by atoms with Crippen LogP contribution in [0.3, 0.4) is 0 Å². The van der Waals surface area contributed by atoms with Gasteiger partial charge in [-0.3, -0.25) is 9.89 Å². The van der Waals surface area contributed by atoms with E-state index in [1.807, 2.05) is 25.1 Å². The zero-order valence-electron chi connectivity index (χ0n) is 14.9. The van der Waals surface area contributed by atoms with E-state index in [-0.39, 0.29) is 12.0 Å². The van der Waals surface area contributed by atoms with E-state index in [0.29, 0.717) is 12.2 Å². The van der Waals surface area contributed by atoms with Crippen LogP contribution in [-0.4, -0.2) is 42.0 Å². The Balaban J connectivity index is 1.44. The molecule has 1 amide bonds. The topological polar surface area (TPSA) is 88.3 Å². The molecular formula is C19H24N4O3. The number of aryl methyl sites for hydroxylation is 1. The molecule has 26 heavy (non-hydrogen) atoms. The highest BCUT2D eigenvalue weighted by atomic mass is 16.5. The zero-order valence-corrected chi connectivity index (χ0v) is 14.9. The van der Waals surface area contributed by atoms with Crippen LogP contribution >= 0.6 is 0 Å². The number of ether oxygens (including phenoxy) is 2. The molecule has 2 aliphatic rings. The quantitative estimate of drug-likeness (QED) is 0.781. The summed E-state index contributed by atoms with van der Waals surface area (Å²) in [5.41, 5.74) is 4.22. The number of nitrogens with one attached hydrogen (secondary N) is 3. The van der Waals surface area contributed by atoms with Gasteiger partial charge < -0.3 is 20.1 Å². The van der Waals surface area contributed by atoms with Gasteiger partial charge in [-0.15, -0.1) is 0 Å². The highest BCUT2D eigenvalue weighted by Gasteiger charge is 2.22. The van der Waals surface area contributed by atoms with E-state index in [1.165, 1.54) is 0 Å². The summed E-state index contributed by atoms with van der Waals surface area (Å²) < 4.78 is 11.4. The van der Waals surface area contributed by atoms with Gasteiger partial charge in [0.25, 0.3) is 5.91 Å². The van der Waals surface area contributed by atoms with Gasteiger partial charge in [0.1, 0.15) is 11.9 Å². The summed E-state index contributed by atoms with van der Waals surface area (Å²) in [4.78, 5) is 12.6. The Bertz CT molecular complexity index is 796. The highest BCUT2D eigenvalue weighted by molar-refractivity contribution is 6.04. The van der Waals surface area contributed by atoms with E-state index in [0.717, 1.165) is 67.3 Å². The molecule has 2 aliphatic heterocycles. The van der Waals surface area contributed by atoms with Crippen molar-refractivity contribution in [3.8, 4) is 5.75 Å². The van der Waals surface area contributed by atoms with Crippen molar-refractivity contribution < 1.29 is 14.3 Å². The van der Waals surface area contributed by atoms with Gasteiger partial charge in [-0.25, -0.2) is 0 Å². The van der Waals surface area contributed by atoms with E-state index >= 15 is 0 Å². The predicted octanol–water partition coefficient (Wildman–Crippen LogP) is 2.17. The van der Waals surface area contributed by atoms with Crippen molar-refractivity contribution >= 4 is 11.6 Å². The van der Waals surface area contributed by atoms with Gasteiger partial charge in [-0.1, -0.05) is 0 Å². The smallest absolute Gasteiger partial charge is 0.276 e. The maximum atomic E-state index is 12.6. The van der Waals surface area contributed by atoms with Crippen molar-refractivity contribution in [2.75, 3.05) is 25.1 Å². The lowest BCUT2D eigenvalue weighted by atomic mass is 10.1. The van der Waals surface area contributed by atoms with Gasteiger partial charge in [-0.2, -0.15) is 5.10 Å². The maximum Gasteiger partial charge on any atom is 0.276 e.